The maximum absolute atomic E-state index is 14.6. The molecule has 13 heteroatoms. The molecule has 1 aromatic heterocycles. The van der Waals surface area contributed by atoms with E-state index >= 15 is 0 Å². The van der Waals surface area contributed by atoms with Gasteiger partial charge in [0.25, 0.3) is 5.91 Å². The molecule has 5 atom stereocenters. The number of carbonyl (C=O) groups excluding carboxylic acids is 3. The second-order valence-electron chi connectivity index (χ2n) is 13.7. The summed E-state index contributed by atoms with van der Waals surface area (Å²) in [6, 6.07) is -1.71. The number of nitrogens with zero attached hydrogens (tertiary/aromatic N) is 3. The highest BCUT2D eigenvalue weighted by atomic mass is 32.1. The number of nitrogens with one attached hydrogen (secondary N) is 2. The van der Waals surface area contributed by atoms with Gasteiger partial charge in [-0.05, 0) is 51.1 Å². The Balaban J connectivity index is 2.43. The number of amides is 3. The fourth-order valence-electron chi connectivity index (χ4n) is 5.99. The van der Waals surface area contributed by atoms with Crippen LogP contribution >= 0.6 is 11.3 Å². The van der Waals surface area contributed by atoms with Crippen molar-refractivity contribution in [2.45, 2.75) is 149 Å². The fourth-order valence-corrected chi connectivity index (χ4v) is 6.83. The van der Waals surface area contributed by atoms with Gasteiger partial charge in [0.1, 0.15) is 11.0 Å². The van der Waals surface area contributed by atoms with Crippen LogP contribution in [0, 0.1) is 11.8 Å². The van der Waals surface area contributed by atoms with E-state index in [2.05, 4.69) is 29.5 Å². The minimum Gasteiger partial charge on any atom is -0.476 e. The number of likely N-dealkylation sites (N-methyl/N-ethyl adjacent to an activating group) is 1. The zero-order valence-corrected chi connectivity index (χ0v) is 31.8. The summed E-state index contributed by atoms with van der Waals surface area (Å²) in [6.45, 7) is 13.7. The molecule has 280 valence electrons. The molecule has 0 aliphatic carbocycles. The Hall–Kier alpha value is -2.77. The van der Waals surface area contributed by atoms with Gasteiger partial charge < -0.3 is 20.5 Å². The van der Waals surface area contributed by atoms with E-state index in [1.165, 1.54) is 10.4 Å². The lowest BCUT2D eigenvalue weighted by atomic mass is 9.93. The predicted molar refractivity (Wildman–Crippen MR) is 192 cm³/mol. The number of hydroxylamine groups is 2. The third-order valence-corrected chi connectivity index (χ3v) is 10.3. The largest absolute Gasteiger partial charge is 0.476 e. The van der Waals surface area contributed by atoms with Crippen molar-refractivity contribution in [1.82, 2.24) is 25.6 Å². The van der Waals surface area contributed by atoms with Gasteiger partial charge in [-0.25, -0.2) is 19.6 Å². The van der Waals surface area contributed by atoms with Crippen LogP contribution in [-0.4, -0.2) is 88.8 Å². The van der Waals surface area contributed by atoms with E-state index in [1.807, 2.05) is 39.6 Å². The Morgan fingerprint density at radius 1 is 1.04 bits per heavy atom. The van der Waals surface area contributed by atoms with Crippen molar-refractivity contribution in [2.24, 2.45) is 11.8 Å². The van der Waals surface area contributed by atoms with Crippen molar-refractivity contribution in [3.05, 3.63) is 16.1 Å². The van der Waals surface area contributed by atoms with Crippen LogP contribution in [0.3, 0.4) is 0 Å². The standard InChI is InChI=1S/C36H63N5O7S/c1-8-11-13-16-20-37-36(46)48-30(33-38-27(24-49-33)35(44)45)23-29(25(4)5)41(47-22-18-14-12-9-2)34(43)31(26(6)10-3)39-32(42)28-19-15-17-21-40(28)7/h24-26,28-31H,8-23H2,1-7H3,(H,37,46)(H,39,42)(H,44,45)/t26?,28-,29?,30?,31?/m1/s1. The highest BCUT2D eigenvalue weighted by Gasteiger charge is 2.40. The second kappa shape index (κ2) is 22.8. The maximum atomic E-state index is 14.6. The van der Waals surface area contributed by atoms with Crippen molar-refractivity contribution in [3.8, 4) is 0 Å². The number of hydrogen-bond donors (Lipinski definition) is 3. The van der Waals surface area contributed by atoms with E-state index in [-0.39, 0.29) is 41.8 Å². The van der Waals surface area contributed by atoms with Gasteiger partial charge >= 0.3 is 12.1 Å². The molecule has 0 radical (unpaired) electrons. The van der Waals surface area contributed by atoms with E-state index in [1.54, 1.807) is 0 Å². The van der Waals surface area contributed by atoms with Crippen LogP contribution in [-0.2, 0) is 19.2 Å². The number of rotatable bonds is 23. The van der Waals surface area contributed by atoms with E-state index in [4.69, 9.17) is 9.57 Å². The summed E-state index contributed by atoms with van der Waals surface area (Å²) in [6.07, 6.45) is 9.72. The summed E-state index contributed by atoms with van der Waals surface area (Å²) < 4.78 is 5.93. The zero-order valence-electron chi connectivity index (χ0n) is 31.0. The summed E-state index contributed by atoms with van der Waals surface area (Å²) >= 11 is 1.10. The summed E-state index contributed by atoms with van der Waals surface area (Å²) in [5.41, 5.74) is -0.137. The second-order valence-corrected chi connectivity index (χ2v) is 14.6. The molecule has 12 nitrogen and oxygen atoms in total. The summed E-state index contributed by atoms with van der Waals surface area (Å²) in [7, 11) is 1.94. The van der Waals surface area contributed by atoms with Gasteiger partial charge in [0.2, 0.25) is 5.91 Å². The van der Waals surface area contributed by atoms with Crippen LogP contribution in [0.5, 0.6) is 0 Å². The number of carbonyl (C=O) groups is 4. The summed E-state index contributed by atoms with van der Waals surface area (Å²) in [5, 5.41) is 18.6. The van der Waals surface area contributed by atoms with Crippen LogP contribution in [0.25, 0.3) is 0 Å². The van der Waals surface area contributed by atoms with Crippen molar-refractivity contribution >= 4 is 35.2 Å². The molecule has 2 rings (SSSR count). The number of likely N-dealkylation sites (tertiary alicyclic amines) is 1. The van der Waals surface area contributed by atoms with E-state index in [9.17, 15) is 24.3 Å². The summed E-state index contributed by atoms with van der Waals surface area (Å²) in [4.78, 5) is 65.6. The fraction of sp³-hybridized carbons (Fsp3) is 0.806. The molecule has 0 aromatic carbocycles. The Morgan fingerprint density at radius 2 is 1.73 bits per heavy atom. The van der Waals surface area contributed by atoms with Crippen molar-refractivity contribution < 1.29 is 33.9 Å². The Bertz CT molecular complexity index is 1150. The van der Waals surface area contributed by atoms with Gasteiger partial charge in [-0.1, -0.05) is 92.9 Å². The molecule has 49 heavy (non-hydrogen) atoms. The number of carboxylic acid groups (broad SMARTS) is 1. The first-order valence-electron chi connectivity index (χ1n) is 18.5. The number of ether oxygens (including phenoxy) is 1. The molecule has 2 heterocycles. The zero-order chi connectivity index (χ0) is 36.3. The minimum atomic E-state index is -1.18. The SMILES string of the molecule is CCCCCCNC(=O)OC(CC(C(C)C)N(OCCCCCC)C(=O)C(NC(=O)[C@H]1CCCCN1C)C(C)CC)c1nc(C(=O)O)cs1. The van der Waals surface area contributed by atoms with E-state index < -0.39 is 30.3 Å². The lowest BCUT2D eigenvalue weighted by Gasteiger charge is -2.39. The molecular weight excluding hydrogens is 646 g/mol. The third kappa shape index (κ3) is 14.2. The van der Waals surface area contributed by atoms with Gasteiger partial charge in [0.05, 0.1) is 18.7 Å². The van der Waals surface area contributed by atoms with E-state index in [0.29, 0.717) is 24.6 Å². The molecule has 0 saturated carbocycles. The topological polar surface area (TPSA) is 150 Å². The number of piperidine rings is 1. The van der Waals surface area contributed by atoms with Gasteiger partial charge in [0.15, 0.2) is 11.8 Å². The molecule has 1 aliphatic heterocycles. The van der Waals surface area contributed by atoms with Gasteiger partial charge in [0, 0.05) is 18.3 Å². The number of carboxylic acids is 1. The predicted octanol–water partition coefficient (Wildman–Crippen LogP) is 6.96. The molecule has 3 N–H and O–H groups in total. The highest BCUT2D eigenvalue weighted by Crippen LogP contribution is 2.32. The molecule has 1 aromatic rings. The third-order valence-electron chi connectivity index (χ3n) is 9.39. The van der Waals surface area contributed by atoms with Crippen LogP contribution in [0.15, 0.2) is 5.38 Å². The lowest BCUT2D eigenvalue weighted by Crippen LogP contribution is -2.58. The summed E-state index contributed by atoms with van der Waals surface area (Å²) in [5.74, 6) is -2.01. The van der Waals surface area contributed by atoms with Crippen LogP contribution in [0.1, 0.15) is 147 Å². The molecule has 0 bridgehead atoms. The molecule has 3 amide bonds. The first-order valence-corrected chi connectivity index (χ1v) is 19.4. The van der Waals surface area contributed by atoms with Crippen molar-refractivity contribution in [1.29, 1.82) is 0 Å². The number of unbranched alkanes of at least 4 members (excludes halogenated alkanes) is 6. The molecule has 4 unspecified atom stereocenters. The lowest BCUT2D eigenvalue weighted by molar-refractivity contribution is -0.212. The Morgan fingerprint density at radius 3 is 2.33 bits per heavy atom. The maximum Gasteiger partial charge on any atom is 0.407 e. The number of alkyl carbamates (subject to hydrolysis) is 1. The normalized spacial score (nSPS) is 17.6. The first kappa shape index (κ1) is 42.4. The number of thiazole rings is 1. The smallest absolute Gasteiger partial charge is 0.407 e. The van der Waals surface area contributed by atoms with Gasteiger partial charge in [-0.3, -0.25) is 19.3 Å². The Labute approximate surface area is 298 Å². The number of aromatic nitrogens is 1. The van der Waals surface area contributed by atoms with Crippen LogP contribution in [0.4, 0.5) is 4.79 Å². The molecular formula is C36H63N5O7S. The monoisotopic (exact) mass is 709 g/mol. The highest BCUT2D eigenvalue weighted by molar-refractivity contribution is 7.09. The molecule has 1 fully saturated rings. The van der Waals surface area contributed by atoms with Crippen LogP contribution < -0.4 is 10.6 Å². The average molecular weight is 710 g/mol. The number of aromatic carboxylic acids is 1. The minimum absolute atomic E-state index is 0.126. The van der Waals surface area contributed by atoms with E-state index in [0.717, 1.165) is 88.5 Å². The van der Waals surface area contributed by atoms with Crippen LogP contribution in [0.2, 0.25) is 0 Å². The quantitative estimate of drug-likeness (QED) is 0.0810. The first-order chi connectivity index (χ1) is 23.4. The van der Waals surface area contributed by atoms with Crippen molar-refractivity contribution in [2.75, 3.05) is 26.7 Å². The van der Waals surface area contributed by atoms with Gasteiger partial charge in [-0.15, -0.1) is 11.3 Å². The Kier molecular flexibility index (Phi) is 19.8. The average Bonchev–Trinajstić information content (AvgIpc) is 3.58. The molecule has 1 saturated heterocycles. The molecule has 0 spiro atoms. The molecule has 1 aliphatic rings. The number of hydrogen-bond acceptors (Lipinski definition) is 9. The van der Waals surface area contributed by atoms with Gasteiger partial charge in [-0.2, -0.15) is 0 Å². The van der Waals surface area contributed by atoms with Crippen molar-refractivity contribution in [3.63, 3.8) is 0 Å².